The lowest BCUT2D eigenvalue weighted by Crippen LogP contribution is -2.52. The third-order valence-corrected chi connectivity index (χ3v) is 7.81. The molecule has 1 N–H and O–H groups in total. The van der Waals surface area contributed by atoms with Crippen LogP contribution < -0.4 is 14.8 Å². The van der Waals surface area contributed by atoms with E-state index in [1.807, 2.05) is 80.6 Å². The average molecular weight is 557 g/mol. The molecule has 0 aliphatic heterocycles. The number of nitrogens with one attached hydrogen (secondary N) is 1. The Morgan fingerprint density at radius 2 is 1.56 bits per heavy atom. The summed E-state index contributed by atoms with van der Waals surface area (Å²) in [7, 11) is 0. The van der Waals surface area contributed by atoms with Crippen LogP contribution in [0.1, 0.15) is 68.2 Å². The summed E-state index contributed by atoms with van der Waals surface area (Å²) in [5.74, 6) is 1.29. The van der Waals surface area contributed by atoms with Crippen molar-refractivity contribution in [2.75, 3.05) is 13.2 Å². The van der Waals surface area contributed by atoms with E-state index >= 15 is 0 Å². The molecule has 0 heterocycles. The Bertz CT molecular complexity index is 1270. The normalized spacial score (nSPS) is 13.9. The molecule has 1 fully saturated rings. The Morgan fingerprint density at radius 1 is 0.878 bits per heavy atom. The number of benzene rings is 3. The fourth-order valence-electron chi connectivity index (χ4n) is 5.54. The van der Waals surface area contributed by atoms with Crippen LogP contribution in [-0.4, -0.2) is 42.0 Å². The Hall–Kier alpha value is -3.80. The fraction of sp³-hybridized carbons (Fsp3) is 0.429. The summed E-state index contributed by atoms with van der Waals surface area (Å²) in [6.07, 6.45) is 5.54. The molecule has 1 aliphatic carbocycles. The molecule has 0 radical (unpaired) electrons. The second-order valence-electron chi connectivity index (χ2n) is 10.8. The summed E-state index contributed by atoms with van der Waals surface area (Å²) in [6.45, 7) is 7.41. The quantitative estimate of drug-likeness (QED) is 0.249. The molecule has 0 spiro atoms. The summed E-state index contributed by atoms with van der Waals surface area (Å²) in [6, 6.07) is 23.5. The molecule has 3 aromatic rings. The largest absolute Gasteiger partial charge is 0.490 e. The smallest absolute Gasteiger partial charge is 0.243 e. The molecule has 0 aromatic heterocycles. The molecule has 0 bridgehead atoms. The van der Waals surface area contributed by atoms with Crippen LogP contribution in [0.3, 0.4) is 0 Å². The van der Waals surface area contributed by atoms with Crippen LogP contribution in [0, 0.1) is 6.92 Å². The van der Waals surface area contributed by atoms with Crippen molar-refractivity contribution >= 4 is 11.8 Å². The highest BCUT2D eigenvalue weighted by atomic mass is 16.5. The topological polar surface area (TPSA) is 67.9 Å². The van der Waals surface area contributed by atoms with Gasteiger partial charge in [-0.15, -0.1) is 0 Å². The maximum absolute atomic E-state index is 14.1. The molecule has 3 aromatic carbocycles. The van der Waals surface area contributed by atoms with E-state index in [-0.39, 0.29) is 24.3 Å². The molecule has 1 saturated carbocycles. The predicted octanol–water partition coefficient (Wildman–Crippen LogP) is 6.42. The lowest BCUT2D eigenvalue weighted by Gasteiger charge is -2.33. The van der Waals surface area contributed by atoms with Crippen molar-refractivity contribution in [1.29, 1.82) is 0 Å². The first kappa shape index (κ1) is 30.2. The van der Waals surface area contributed by atoms with Crippen LogP contribution in [0.15, 0.2) is 72.8 Å². The van der Waals surface area contributed by atoms with E-state index in [1.165, 1.54) is 0 Å². The van der Waals surface area contributed by atoms with Crippen LogP contribution in [0.4, 0.5) is 0 Å². The Balaban J connectivity index is 1.60. The van der Waals surface area contributed by atoms with Gasteiger partial charge in [0, 0.05) is 25.4 Å². The number of amides is 2. The molecule has 0 saturated heterocycles. The van der Waals surface area contributed by atoms with Crippen molar-refractivity contribution in [3.05, 3.63) is 95.1 Å². The number of rotatable bonds is 14. The Morgan fingerprint density at radius 3 is 2.27 bits per heavy atom. The zero-order valence-electron chi connectivity index (χ0n) is 24.7. The van der Waals surface area contributed by atoms with Crippen molar-refractivity contribution in [3.8, 4) is 11.5 Å². The van der Waals surface area contributed by atoms with Gasteiger partial charge in [-0.1, -0.05) is 73.5 Å². The number of carbonyl (C=O) groups is 2. The number of aryl methyl sites for hydroxylation is 2. The number of hydrogen-bond donors (Lipinski definition) is 1. The molecule has 4 rings (SSSR count). The minimum Gasteiger partial charge on any atom is -0.490 e. The van der Waals surface area contributed by atoms with Gasteiger partial charge in [-0.25, -0.2) is 0 Å². The van der Waals surface area contributed by atoms with Gasteiger partial charge >= 0.3 is 0 Å². The molecule has 6 nitrogen and oxygen atoms in total. The molecule has 218 valence electrons. The lowest BCUT2D eigenvalue weighted by molar-refractivity contribution is -0.141. The maximum Gasteiger partial charge on any atom is 0.243 e. The zero-order valence-corrected chi connectivity index (χ0v) is 24.7. The highest BCUT2D eigenvalue weighted by Gasteiger charge is 2.32. The van der Waals surface area contributed by atoms with E-state index in [9.17, 15) is 9.59 Å². The first-order valence-corrected chi connectivity index (χ1v) is 15.0. The molecule has 1 atom stereocenters. The second kappa shape index (κ2) is 15.3. The van der Waals surface area contributed by atoms with Crippen LogP contribution in [0.5, 0.6) is 11.5 Å². The van der Waals surface area contributed by atoms with Gasteiger partial charge in [-0.3, -0.25) is 9.59 Å². The lowest BCUT2D eigenvalue weighted by atomic mass is 10.00. The van der Waals surface area contributed by atoms with E-state index < -0.39 is 6.04 Å². The molecule has 0 unspecified atom stereocenters. The summed E-state index contributed by atoms with van der Waals surface area (Å²) in [4.78, 5) is 29.8. The third-order valence-electron chi connectivity index (χ3n) is 7.81. The van der Waals surface area contributed by atoms with Gasteiger partial charge < -0.3 is 19.7 Å². The molecule has 41 heavy (non-hydrogen) atoms. The van der Waals surface area contributed by atoms with Gasteiger partial charge in [0.05, 0.1) is 13.2 Å². The van der Waals surface area contributed by atoms with Crippen LogP contribution >= 0.6 is 0 Å². The van der Waals surface area contributed by atoms with E-state index in [1.54, 1.807) is 4.90 Å². The van der Waals surface area contributed by atoms with Crippen LogP contribution in [-0.2, 0) is 29.0 Å². The fourth-order valence-corrected chi connectivity index (χ4v) is 5.54. The van der Waals surface area contributed by atoms with Crippen molar-refractivity contribution in [1.82, 2.24) is 10.2 Å². The zero-order chi connectivity index (χ0) is 29.0. The minimum absolute atomic E-state index is 0.0393. The van der Waals surface area contributed by atoms with E-state index in [0.717, 1.165) is 47.9 Å². The minimum atomic E-state index is -0.607. The van der Waals surface area contributed by atoms with Gasteiger partial charge in [0.1, 0.15) is 6.04 Å². The van der Waals surface area contributed by atoms with Crippen molar-refractivity contribution in [2.24, 2.45) is 0 Å². The third kappa shape index (κ3) is 8.59. The van der Waals surface area contributed by atoms with E-state index in [0.29, 0.717) is 44.1 Å². The Labute approximate surface area is 245 Å². The standard InChI is InChI=1S/C35H44N2O4/c1-4-40-32-21-19-28(24-33(32)41-5-2)20-22-34(38)37(25-29-16-10-9-13-26(29)3)31(23-27-14-7-6-8-15-27)35(39)36-30-17-11-12-18-30/h6-10,13-16,19,21,24,30-31H,4-5,11-12,17-18,20,22-23,25H2,1-3H3,(H,36,39)/t31-/m1/s1. The summed E-state index contributed by atoms with van der Waals surface area (Å²) in [5, 5.41) is 3.29. The Kier molecular flexibility index (Phi) is 11.2. The van der Waals surface area contributed by atoms with Crippen LogP contribution in [0.2, 0.25) is 0 Å². The first-order valence-electron chi connectivity index (χ1n) is 15.0. The molecule has 2 amide bonds. The number of ether oxygens (including phenoxy) is 2. The summed E-state index contributed by atoms with van der Waals surface area (Å²) in [5.41, 5.74) is 4.19. The molecule has 6 heteroatoms. The summed E-state index contributed by atoms with van der Waals surface area (Å²) >= 11 is 0. The molecular formula is C35H44N2O4. The molecule has 1 aliphatic rings. The van der Waals surface area contributed by atoms with Gasteiger partial charge in [-0.05, 0) is 74.4 Å². The van der Waals surface area contributed by atoms with Crippen molar-refractivity contribution in [3.63, 3.8) is 0 Å². The van der Waals surface area contributed by atoms with Gasteiger partial charge in [-0.2, -0.15) is 0 Å². The maximum atomic E-state index is 14.1. The number of carbonyl (C=O) groups excluding carboxylic acids is 2. The van der Waals surface area contributed by atoms with Gasteiger partial charge in [0.25, 0.3) is 0 Å². The second-order valence-corrected chi connectivity index (χ2v) is 10.8. The monoisotopic (exact) mass is 556 g/mol. The summed E-state index contributed by atoms with van der Waals surface area (Å²) < 4.78 is 11.5. The van der Waals surface area contributed by atoms with Gasteiger partial charge in [0.15, 0.2) is 11.5 Å². The predicted molar refractivity (Wildman–Crippen MR) is 163 cm³/mol. The highest BCUT2D eigenvalue weighted by molar-refractivity contribution is 5.88. The number of hydrogen-bond acceptors (Lipinski definition) is 4. The van der Waals surface area contributed by atoms with E-state index in [2.05, 4.69) is 18.3 Å². The van der Waals surface area contributed by atoms with E-state index in [4.69, 9.17) is 9.47 Å². The highest BCUT2D eigenvalue weighted by Crippen LogP contribution is 2.29. The number of nitrogens with zero attached hydrogens (tertiary/aromatic N) is 1. The van der Waals surface area contributed by atoms with Gasteiger partial charge in [0.2, 0.25) is 11.8 Å². The molecular weight excluding hydrogens is 512 g/mol. The average Bonchev–Trinajstić information content (AvgIpc) is 3.49. The van der Waals surface area contributed by atoms with Crippen LogP contribution in [0.25, 0.3) is 0 Å². The van der Waals surface area contributed by atoms with Crippen molar-refractivity contribution in [2.45, 2.75) is 84.3 Å². The first-order chi connectivity index (χ1) is 20.0. The SMILES string of the molecule is CCOc1ccc(CCC(=O)N(Cc2ccccc2C)[C@H](Cc2ccccc2)C(=O)NC2CCCC2)cc1OCC. The van der Waals surface area contributed by atoms with Crippen molar-refractivity contribution < 1.29 is 19.1 Å².